The van der Waals surface area contributed by atoms with Crippen LogP contribution in [0.3, 0.4) is 0 Å². The second kappa shape index (κ2) is 10.6. The zero-order valence-electron chi connectivity index (χ0n) is 21.2. The second-order valence-corrected chi connectivity index (χ2v) is 10.2. The number of halogens is 6. The molecular weight excluding hydrogens is 524 g/mol. The number of hydrogen-bond acceptors (Lipinski definition) is 4. The average molecular weight is 552 g/mol. The Morgan fingerprint density at radius 3 is 2.13 bits per heavy atom. The Bertz CT molecular complexity index is 1270. The van der Waals surface area contributed by atoms with Crippen LogP contribution in [0.5, 0.6) is 0 Å². The number of alkyl halides is 6. The fourth-order valence-corrected chi connectivity index (χ4v) is 4.96. The fraction of sp³-hybridized carbons (Fsp3) is 0.464. The van der Waals surface area contributed by atoms with E-state index in [1.54, 1.807) is 12.1 Å². The Kier molecular flexibility index (Phi) is 7.81. The lowest BCUT2D eigenvalue weighted by Gasteiger charge is -2.42. The number of carboxylic acid groups (broad SMARTS) is 1. The molecule has 0 spiro atoms. The van der Waals surface area contributed by atoms with E-state index in [9.17, 15) is 36.2 Å². The molecule has 1 fully saturated rings. The molecule has 3 unspecified atom stereocenters. The van der Waals surface area contributed by atoms with Crippen molar-refractivity contribution in [2.24, 2.45) is 22.1 Å². The van der Waals surface area contributed by atoms with Gasteiger partial charge in [-0.25, -0.2) is 0 Å². The summed E-state index contributed by atoms with van der Waals surface area (Å²) in [5.74, 6) is 5.16. The van der Waals surface area contributed by atoms with E-state index in [2.05, 4.69) is 22.1 Å². The minimum absolute atomic E-state index is 0.0154. The zero-order valence-corrected chi connectivity index (χ0v) is 21.2. The molecule has 208 valence electrons. The molecule has 5 nitrogen and oxygen atoms in total. The zero-order chi connectivity index (χ0) is 28.6. The lowest BCUT2D eigenvalue weighted by atomic mass is 9.83. The van der Waals surface area contributed by atoms with E-state index in [4.69, 9.17) is 0 Å². The molecule has 1 saturated heterocycles. The molecule has 4 rings (SSSR count). The van der Waals surface area contributed by atoms with Crippen LogP contribution in [-0.2, 0) is 16.6 Å². The van der Waals surface area contributed by atoms with Crippen LogP contribution < -0.4 is 0 Å². The first-order chi connectivity index (χ1) is 18.2. The standard InChI is InChI=1S/C28H27F6N3O2/c1-17(2)3-12-23(19-4-8-21(9-5-19)26(35-36-26)28(32,33)34)37-14-13-18(16-25(38)39)15-24(37)20-6-10-22(11-7-20)27(29,30)31/h4-11,17-18,23-24H,13-16H2,1-2H3,(H,38,39). The average Bonchev–Trinajstić information content (AvgIpc) is 3.67. The minimum Gasteiger partial charge on any atom is -0.481 e. The van der Waals surface area contributed by atoms with Gasteiger partial charge in [-0.05, 0) is 42.0 Å². The van der Waals surface area contributed by atoms with Gasteiger partial charge >= 0.3 is 24.0 Å². The first kappa shape index (κ1) is 28.6. The van der Waals surface area contributed by atoms with Gasteiger partial charge in [-0.1, -0.05) is 62.1 Å². The highest BCUT2D eigenvalue weighted by atomic mass is 19.4. The van der Waals surface area contributed by atoms with Gasteiger partial charge in [0.15, 0.2) is 0 Å². The summed E-state index contributed by atoms with van der Waals surface area (Å²) in [6.45, 7) is 4.19. The predicted octanol–water partition coefficient (Wildman–Crippen LogP) is 7.51. The maximum absolute atomic E-state index is 13.5. The number of hydrogen-bond donors (Lipinski definition) is 1. The maximum atomic E-state index is 13.5. The van der Waals surface area contributed by atoms with Crippen molar-refractivity contribution in [3.8, 4) is 11.8 Å². The molecule has 2 aliphatic rings. The molecule has 39 heavy (non-hydrogen) atoms. The SMILES string of the molecule is CC(C)C#CC(c1ccc(C2(C(F)(F)F)N=N2)cc1)N1CCC(CC(=O)O)CC1c1ccc(C(F)(F)F)cc1. The number of benzene rings is 2. The molecule has 2 aromatic carbocycles. The van der Waals surface area contributed by atoms with Crippen LogP contribution in [0.2, 0.25) is 0 Å². The molecule has 3 atom stereocenters. The third-order valence-corrected chi connectivity index (χ3v) is 7.00. The van der Waals surface area contributed by atoms with Gasteiger partial charge in [-0.2, -0.15) is 26.3 Å². The van der Waals surface area contributed by atoms with Crippen LogP contribution in [-0.4, -0.2) is 28.7 Å². The van der Waals surface area contributed by atoms with Crippen molar-refractivity contribution in [1.29, 1.82) is 0 Å². The first-order valence-corrected chi connectivity index (χ1v) is 12.5. The monoisotopic (exact) mass is 551 g/mol. The molecule has 2 heterocycles. The fourth-order valence-electron chi connectivity index (χ4n) is 4.96. The summed E-state index contributed by atoms with van der Waals surface area (Å²) >= 11 is 0. The van der Waals surface area contributed by atoms with Crippen molar-refractivity contribution < 1.29 is 36.2 Å². The molecule has 0 aliphatic carbocycles. The van der Waals surface area contributed by atoms with Gasteiger partial charge in [0.1, 0.15) is 0 Å². The molecule has 1 N–H and O–H groups in total. The van der Waals surface area contributed by atoms with Gasteiger partial charge in [0.25, 0.3) is 0 Å². The normalized spacial score (nSPS) is 21.8. The summed E-state index contributed by atoms with van der Waals surface area (Å²) in [6.07, 6.45) is -8.34. The summed E-state index contributed by atoms with van der Waals surface area (Å²) in [5, 5.41) is 15.8. The van der Waals surface area contributed by atoms with Crippen LogP contribution in [0.4, 0.5) is 26.3 Å². The number of rotatable bonds is 6. The van der Waals surface area contributed by atoms with Crippen LogP contribution in [0.1, 0.15) is 67.4 Å². The van der Waals surface area contributed by atoms with Gasteiger partial charge in [0.2, 0.25) is 0 Å². The summed E-state index contributed by atoms with van der Waals surface area (Å²) in [4.78, 5) is 13.4. The minimum atomic E-state index is -4.66. The molecule has 2 aliphatic heterocycles. The predicted molar refractivity (Wildman–Crippen MR) is 130 cm³/mol. The lowest BCUT2D eigenvalue weighted by molar-refractivity contribution is -0.166. The number of piperidine rings is 1. The Hall–Kier alpha value is -3.39. The number of likely N-dealkylation sites (tertiary alicyclic amines) is 1. The maximum Gasteiger partial charge on any atom is 0.442 e. The number of carbonyl (C=O) groups is 1. The highest BCUT2D eigenvalue weighted by Crippen LogP contribution is 2.52. The third-order valence-electron chi connectivity index (χ3n) is 7.00. The van der Waals surface area contributed by atoms with Gasteiger partial charge in [0, 0.05) is 30.5 Å². The molecule has 0 bridgehead atoms. The summed E-state index contributed by atoms with van der Waals surface area (Å²) in [6, 6.07) is 9.45. The molecule has 0 radical (unpaired) electrons. The summed E-state index contributed by atoms with van der Waals surface area (Å²) in [5.41, 5.74) is -2.27. The molecule has 0 saturated carbocycles. The van der Waals surface area contributed by atoms with E-state index in [1.165, 1.54) is 24.3 Å². The van der Waals surface area contributed by atoms with Crippen molar-refractivity contribution in [3.05, 3.63) is 70.8 Å². The van der Waals surface area contributed by atoms with Gasteiger partial charge in [-0.15, -0.1) is 10.2 Å². The quantitative estimate of drug-likeness (QED) is 0.298. The highest BCUT2D eigenvalue weighted by molar-refractivity contribution is 5.67. The van der Waals surface area contributed by atoms with Crippen molar-refractivity contribution in [2.75, 3.05) is 6.54 Å². The lowest BCUT2D eigenvalue weighted by Crippen LogP contribution is -2.39. The largest absolute Gasteiger partial charge is 0.481 e. The van der Waals surface area contributed by atoms with E-state index < -0.39 is 41.6 Å². The van der Waals surface area contributed by atoms with Gasteiger partial charge in [0.05, 0.1) is 11.6 Å². The van der Waals surface area contributed by atoms with Crippen LogP contribution in [0.25, 0.3) is 0 Å². The van der Waals surface area contributed by atoms with E-state index in [0.29, 0.717) is 30.5 Å². The number of carboxylic acids is 1. The Morgan fingerprint density at radius 1 is 1.03 bits per heavy atom. The van der Waals surface area contributed by atoms with E-state index in [0.717, 1.165) is 12.1 Å². The molecule has 0 aromatic heterocycles. The van der Waals surface area contributed by atoms with Crippen molar-refractivity contribution in [3.63, 3.8) is 0 Å². The van der Waals surface area contributed by atoms with Crippen LogP contribution in [0.15, 0.2) is 58.8 Å². The van der Waals surface area contributed by atoms with Gasteiger partial charge in [-0.3, -0.25) is 9.69 Å². The Balaban J connectivity index is 1.71. The summed E-state index contributed by atoms with van der Waals surface area (Å²) < 4.78 is 80.0. The molecular formula is C28H27F6N3O2. The van der Waals surface area contributed by atoms with E-state index in [-0.39, 0.29) is 23.8 Å². The highest BCUT2D eigenvalue weighted by Gasteiger charge is 2.65. The molecule has 0 amide bonds. The Morgan fingerprint density at radius 2 is 1.64 bits per heavy atom. The van der Waals surface area contributed by atoms with Crippen molar-refractivity contribution in [1.82, 2.24) is 4.90 Å². The van der Waals surface area contributed by atoms with Crippen LogP contribution >= 0.6 is 0 Å². The number of aliphatic carboxylic acids is 1. The van der Waals surface area contributed by atoms with Crippen molar-refractivity contribution >= 4 is 5.97 Å². The van der Waals surface area contributed by atoms with Gasteiger partial charge < -0.3 is 5.11 Å². The van der Waals surface area contributed by atoms with E-state index >= 15 is 0 Å². The van der Waals surface area contributed by atoms with Crippen LogP contribution in [0, 0.1) is 23.7 Å². The Labute approximate surface area is 221 Å². The number of nitrogens with zero attached hydrogens (tertiary/aromatic N) is 3. The third kappa shape index (κ3) is 6.27. The smallest absolute Gasteiger partial charge is 0.442 e. The molecule has 2 aromatic rings. The van der Waals surface area contributed by atoms with Crippen molar-refractivity contribution in [2.45, 2.75) is 63.2 Å². The topological polar surface area (TPSA) is 65.3 Å². The second-order valence-electron chi connectivity index (χ2n) is 10.2. The first-order valence-electron chi connectivity index (χ1n) is 12.5. The molecule has 11 heteroatoms. The van der Waals surface area contributed by atoms with E-state index in [1.807, 2.05) is 18.7 Å². The summed E-state index contributed by atoms with van der Waals surface area (Å²) in [7, 11) is 0.